The first-order chi connectivity index (χ1) is 12.3. The maximum atomic E-state index is 5.77. The fraction of sp³-hybridized carbons (Fsp3) is 0.350. The Hall–Kier alpha value is -2.53. The maximum Gasteiger partial charge on any atom is 0.163 e. The summed E-state index contributed by atoms with van der Waals surface area (Å²) in [5, 5.41) is 3.22. The molecule has 25 heavy (non-hydrogen) atoms. The Labute approximate surface area is 147 Å². The van der Waals surface area contributed by atoms with Crippen molar-refractivity contribution in [3.05, 3.63) is 53.3 Å². The Kier molecular flexibility index (Phi) is 4.32. The minimum atomic E-state index is 0.592. The molecule has 1 aromatic heterocycles. The lowest BCUT2D eigenvalue weighted by atomic mass is 10.1. The van der Waals surface area contributed by atoms with Crippen LogP contribution in [0.4, 0.5) is 0 Å². The standard InChI is InChI=1S/C20H23N3O2/c1-14-5-3-4-6-15(14)13-23-17-12-19-18(24-9-10-25-19)11-16(17)22-20(23)7-8-21-2/h3-6,11-12,21H,7-10,13H2,1-2H3. The number of aromatic nitrogens is 2. The van der Waals surface area contributed by atoms with Gasteiger partial charge in [-0.3, -0.25) is 0 Å². The van der Waals surface area contributed by atoms with Crippen LogP contribution in [-0.2, 0) is 13.0 Å². The predicted molar refractivity (Wildman–Crippen MR) is 98.6 cm³/mol. The molecular weight excluding hydrogens is 314 g/mol. The van der Waals surface area contributed by atoms with Crippen LogP contribution in [0.15, 0.2) is 36.4 Å². The average Bonchev–Trinajstić information content (AvgIpc) is 2.96. The van der Waals surface area contributed by atoms with E-state index >= 15 is 0 Å². The van der Waals surface area contributed by atoms with Gasteiger partial charge in [-0.2, -0.15) is 0 Å². The van der Waals surface area contributed by atoms with E-state index in [0.717, 1.165) is 47.9 Å². The summed E-state index contributed by atoms with van der Waals surface area (Å²) in [6, 6.07) is 12.6. The number of likely N-dealkylation sites (N-methyl/N-ethyl adjacent to an activating group) is 1. The molecule has 5 nitrogen and oxygen atoms in total. The molecule has 2 heterocycles. The van der Waals surface area contributed by atoms with Gasteiger partial charge in [-0.15, -0.1) is 0 Å². The van der Waals surface area contributed by atoms with Crippen LogP contribution in [0.1, 0.15) is 17.0 Å². The molecule has 0 radical (unpaired) electrons. The SMILES string of the molecule is CNCCc1nc2cc3c(cc2n1Cc1ccccc1C)OCCO3. The van der Waals surface area contributed by atoms with E-state index in [1.54, 1.807) is 0 Å². The molecule has 0 unspecified atom stereocenters. The van der Waals surface area contributed by atoms with Crippen molar-refractivity contribution in [2.24, 2.45) is 0 Å². The van der Waals surface area contributed by atoms with Crippen molar-refractivity contribution in [2.75, 3.05) is 26.8 Å². The first-order valence-electron chi connectivity index (χ1n) is 8.74. The third kappa shape index (κ3) is 3.07. The molecule has 0 bridgehead atoms. The number of hydrogen-bond acceptors (Lipinski definition) is 4. The van der Waals surface area contributed by atoms with Gasteiger partial charge in [0.05, 0.1) is 11.0 Å². The van der Waals surface area contributed by atoms with E-state index in [1.807, 2.05) is 13.1 Å². The third-order valence-electron chi connectivity index (χ3n) is 4.68. The van der Waals surface area contributed by atoms with Gasteiger partial charge in [0.15, 0.2) is 11.5 Å². The summed E-state index contributed by atoms with van der Waals surface area (Å²) in [5.41, 5.74) is 4.66. The van der Waals surface area contributed by atoms with Gasteiger partial charge in [-0.25, -0.2) is 4.98 Å². The molecule has 0 aliphatic carbocycles. The lowest BCUT2D eigenvalue weighted by molar-refractivity contribution is 0.172. The zero-order chi connectivity index (χ0) is 17.2. The van der Waals surface area contributed by atoms with Crippen molar-refractivity contribution in [3.8, 4) is 11.5 Å². The lowest BCUT2D eigenvalue weighted by Crippen LogP contribution is -2.16. The number of rotatable bonds is 5. The summed E-state index contributed by atoms with van der Waals surface area (Å²) in [5.74, 6) is 2.68. The van der Waals surface area contributed by atoms with Crippen LogP contribution in [0.2, 0.25) is 0 Å². The highest BCUT2D eigenvalue weighted by atomic mass is 16.6. The number of nitrogens with zero attached hydrogens (tertiary/aromatic N) is 2. The lowest BCUT2D eigenvalue weighted by Gasteiger charge is -2.18. The second kappa shape index (κ2) is 6.76. The highest BCUT2D eigenvalue weighted by Crippen LogP contribution is 2.35. The Balaban J connectivity index is 1.82. The van der Waals surface area contributed by atoms with Crippen molar-refractivity contribution in [2.45, 2.75) is 19.9 Å². The predicted octanol–water partition coefficient (Wildman–Crippen LogP) is 2.93. The van der Waals surface area contributed by atoms with Gasteiger partial charge >= 0.3 is 0 Å². The van der Waals surface area contributed by atoms with Gasteiger partial charge in [-0.1, -0.05) is 24.3 Å². The highest BCUT2D eigenvalue weighted by molar-refractivity contribution is 5.81. The Morgan fingerprint density at radius 3 is 2.64 bits per heavy atom. The summed E-state index contributed by atoms with van der Waals surface area (Å²) in [4.78, 5) is 4.87. The molecular formula is C20H23N3O2. The van der Waals surface area contributed by atoms with E-state index in [-0.39, 0.29) is 0 Å². The first kappa shape index (κ1) is 16.0. The van der Waals surface area contributed by atoms with Crippen LogP contribution in [0.5, 0.6) is 11.5 Å². The minimum Gasteiger partial charge on any atom is -0.486 e. The van der Waals surface area contributed by atoms with Crippen molar-refractivity contribution >= 4 is 11.0 Å². The summed E-state index contributed by atoms with van der Waals surface area (Å²) < 4.78 is 13.8. The number of fused-ring (bicyclic) bond motifs is 2. The molecule has 130 valence electrons. The molecule has 5 heteroatoms. The average molecular weight is 337 g/mol. The fourth-order valence-electron chi connectivity index (χ4n) is 3.27. The summed E-state index contributed by atoms with van der Waals surface area (Å²) >= 11 is 0. The Bertz CT molecular complexity index is 901. The van der Waals surface area contributed by atoms with Crippen LogP contribution >= 0.6 is 0 Å². The van der Waals surface area contributed by atoms with E-state index in [2.05, 4.69) is 47.1 Å². The van der Waals surface area contributed by atoms with Gasteiger partial charge in [0.1, 0.15) is 19.0 Å². The summed E-state index contributed by atoms with van der Waals surface area (Å²) in [7, 11) is 1.97. The number of nitrogens with one attached hydrogen (secondary N) is 1. The van der Waals surface area contributed by atoms with Crippen LogP contribution in [0, 0.1) is 6.92 Å². The molecule has 2 aromatic carbocycles. The molecule has 0 fully saturated rings. The van der Waals surface area contributed by atoms with Crippen molar-refractivity contribution in [3.63, 3.8) is 0 Å². The molecule has 1 N–H and O–H groups in total. The molecule has 0 saturated carbocycles. The van der Waals surface area contributed by atoms with Crippen LogP contribution in [-0.4, -0.2) is 36.4 Å². The second-order valence-electron chi connectivity index (χ2n) is 6.38. The number of imidazole rings is 1. The van der Waals surface area contributed by atoms with Crippen molar-refractivity contribution < 1.29 is 9.47 Å². The van der Waals surface area contributed by atoms with E-state index in [4.69, 9.17) is 14.5 Å². The number of benzene rings is 2. The zero-order valence-electron chi connectivity index (χ0n) is 14.7. The van der Waals surface area contributed by atoms with Crippen LogP contribution in [0.25, 0.3) is 11.0 Å². The minimum absolute atomic E-state index is 0.592. The molecule has 0 spiro atoms. The second-order valence-corrected chi connectivity index (χ2v) is 6.38. The van der Waals surface area contributed by atoms with E-state index in [0.29, 0.717) is 13.2 Å². The molecule has 0 amide bonds. The summed E-state index contributed by atoms with van der Waals surface area (Å²) in [6.07, 6.45) is 0.878. The number of hydrogen-bond donors (Lipinski definition) is 1. The molecule has 1 aliphatic rings. The van der Waals surface area contributed by atoms with E-state index in [9.17, 15) is 0 Å². The fourth-order valence-corrected chi connectivity index (χ4v) is 3.27. The van der Waals surface area contributed by atoms with Gasteiger partial charge in [0.25, 0.3) is 0 Å². The Morgan fingerprint density at radius 2 is 1.88 bits per heavy atom. The smallest absolute Gasteiger partial charge is 0.163 e. The molecule has 4 rings (SSSR count). The van der Waals surface area contributed by atoms with Crippen LogP contribution < -0.4 is 14.8 Å². The normalized spacial score (nSPS) is 13.4. The molecule has 3 aromatic rings. The quantitative estimate of drug-likeness (QED) is 0.778. The molecule has 1 aliphatic heterocycles. The third-order valence-corrected chi connectivity index (χ3v) is 4.68. The van der Waals surface area contributed by atoms with Gasteiger partial charge in [0, 0.05) is 31.6 Å². The van der Waals surface area contributed by atoms with Crippen molar-refractivity contribution in [1.29, 1.82) is 0 Å². The molecule has 0 saturated heterocycles. The highest BCUT2D eigenvalue weighted by Gasteiger charge is 2.18. The summed E-state index contributed by atoms with van der Waals surface area (Å²) in [6.45, 7) is 5.04. The topological polar surface area (TPSA) is 48.3 Å². The number of ether oxygens (including phenoxy) is 2. The maximum absolute atomic E-state index is 5.77. The number of aryl methyl sites for hydroxylation is 1. The monoisotopic (exact) mass is 337 g/mol. The Morgan fingerprint density at radius 1 is 1.12 bits per heavy atom. The van der Waals surface area contributed by atoms with Gasteiger partial charge < -0.3 is 19.4 Å². The van der Waals surface area contributed by atoms with Crippen LogP contribution in [0.3, 0.4) is 0 Å². The first-order valence-corrected chi connectivity index (χ1v) is 8.74. The molecule has 0 atom stereocenters. The van der Waals surface area contributed by atoms with Gasteiger partial charge in [0.2, 0.25) is 0 Å². The van der Waals surface area contributed by atoms with E-state index in [1.165, 1.54) is 11.1 Å². The van der Waals surface area contributed by atoms with E-state index < -0.39 is 0 Å². The largest absolute Gasteiger partial charge is 0.486 e. The zero-order valence-corrected chi connectivity index (χ0v) is 14.7. The van der Waals surface area contributed by atoms with Gasteiger partial charge in [-0.05, 0) is 25.1 Å². The van der Waals surface area contributed by atoms with Crippen molar-refractivity contribution in [1.82, 2.24) is 14.9 Å².